The van der Waals surface area contributed by atoms with Crippen LogP contribution in [0.5, 0.6) is 11.5 Å². The van der Waals surface area contributed by atoms with Gasteiger partial charge in [-0.25, -0.2) is 13.2 Å². The van der Waals surface area contributed by atoms with Gasteiger partial charge < -0.3 is 14.2 Å². The highest BCUT2D eigenvalue weighted by atomic mass is 35.5. The number of hydrogen-bond donors (Lipinski definition) is 0. The average Bonchev–Trinajstić information content (AvgIpc) is 3.00. The lowest BCUT2D eigenvalue weighted by atomic mass is 10.1. The van der Waals surface area contributed by atoms with E-state index in [2.05, 4.69) is 0 Å². The molecule has 174 valence electrons. The zero-order valence-corrected chi connectivity index (χ0v) is 20.1. The van der Waals surface area contributed by atoms with E-state index in [1.54, 1.807) is 48.1 Å². The highest BCUT2D eigenvalue weighted by Crippen LogP contribution is 2.33. The molecule has 0 N–H and O–H groups in total. The summed E-state index contributed by atoms with van der Waals surface area (Å²) in [5, 5.41) is 0.476. The Labute approximate surface area is 192 Å². The highest BCUT2D eigenvalue weighted by molar-refractivity contribution is 7.90. The van der Waals surface area contributed by atoms with Crippen LogP contribution >= 0.6 is 11.6 Å². The van der Waals surface area contributed by atoms with E-state index in [0.717, 1.165) is 6.26 Å². The Morgan fingerprint density at radius 2 is 1.81 bits per heavy atom. The second-order valence-corrected chi connectivity index (χ2v) is 10.0. The lowest BCUT2D eigenvalue weighted by Crippen LogP contribution is -2.32. The van der Waals surface area contributed by atoms with Crippen molar-refractivity contribution in [1.29, 1.82) is 0 Å². The number of rotatable bonds is 10. The van der Waals surface area contributed by atoms with Crippen LogP contribution in [0, 0.1) is 0 Å². The Morgan fingerprint density at radius 1 is 1.06 bits per heavy atom. The first kappa shape index (κ1) is 24.2. The summed E-state index contributed by atoms with van der Waals surface area (Å²) < 4.78 is 44.0. The van der Waals surface area contributed by atoms with Gasteiger partial charge in [0.1, 0.15) is 9.84 Å². The van der Waals surface area contributed by atoms with Crippen molar-refractivity contribution in [2.24, 2.45) is 0 Å². The number of methoxy groups -OCH3 is 2. The molecule has 0 aliphatic heterocycles. The Hall–Kier alpha value is -2.49. The molecule has 32 heavy (non-hydrogen) atoms. The zero-order valence-electron chi connectivity index (χ0n) is 18.5. The molecule has 3 rings (SSSR count). The number of nitrogens with zero attached hydrogens (tertiary/aromatic N) is 2. The average molecular weight is 483 g/mol. The molecule has 0 fully saturated rings. The third-order valence-electron chi connectivity index (χ3n) is 5.09. The third kappa shape index (κ3) is 5.11. The van der Waals surface area contributed by atoms with Crippen LogP contribution in [-0.2, 0) is 21.1 Å². The highest BCUT2D eigenvalue weighted by Gasteiger charge is 2.26. The number of sulfone groups is 1. The van der Waals surface area contributed by atoms with Crippen molar-refractivity contribution in [2.75, 3.05) is 39.4 Å². The van der Waals surface area contributed by atoms with Gasteiger partial charge in [0, 0.05) is 18.4 Å². The van der Waals surface area contributed by atoms with Crippen LogP contribution < -0.4 is 15.2 Å². The van der Waals surface area contributed by atoms with Gasteiger partial charge in [-0.05, 0) is 42.8 Å². The Kier molecular flexibility index (Phi) is 7.53. The number of aromatic nitrogens is 2. The summed E-state index contributed by atoms with van der Waals surface area (Å²) in [5.41, 5.74) is 1.46. The number of imidazole rings is 1. The normalized spacial score (nSPS) is 12.8. The standard InChI is InChI=1S/C22H27ClN2O6S/c1-5-31-21-12-15(6-9-20(21)30-3)19(14-32(4,27)28)25-17-8-7-16(23)13-18(17)24(22(25)26)10-11-29-2/h6-9,12-13,19H,5,10-11,14H2,1-4H3/t19-/m1/s1. The molecule has 1 heterocycles. The molecular weight excluding hydrogens is 456 g/mol. The first-order chi connectivity index (χ1) is 15.2. The van der Waals surface area contributed by atoms with Crippen molar-refractivity contribution in [3.63, 3.8) is 0 Å². The van der Waals surface area contributed by atoms with E-state index in [1.807, 2.05) is 6.92 Å². The maximum atomic E-state index is 13.5. The second-order valence-electron chi connectivity index (χ2n) is 7.38. The molecule has 3 aromatic rings. The minimum Gasteiger partial charge on any atom is -0.493 e. The summed E-state index contributed by atoms with van der Waals surface area (Å²) in [5.74, 6) is 0.733. The molecule has 0 bridgehead atoms. The molecule has 0 saturated carbocycles. The van der Waals surface area contributed by atoms with E-state index in [9.17, 15) is 13.2 Å². The van der Waals surface area contributed by atoms with Crippen molar-refractivity contribution in [3.05, 3.63) is 57.5 Å². The van der Waals surface area contributed by atoms with Crippen LogP contribution in [0.2, 0.25) is 5.02 Å². The molecule has 10 heteroatoms. The fraction of sp³-hybridized carbons (Fsp3) is 0.409. The predicted molar refractivity (Wildman–Crippen MR) is 125 cm³/mol. The Balaban J connectivity index is 2.29. The molecule has 0 aliphatic carbocycles. The smallest absolute Gasteiger partial charge is 0.329 e. The summed E-state index contributed by atoms with van der Waals surface area (Å²) in [6, 6.07) is 9.50. The largest absolute Gasteiger partial charge is 0.493 e. The number of fused-ring (bicyclic) bond motifs is 1. The molecule has 1 atom stereocenters. The van der Waals surface area contributed by atoms with E-state index in [-0.39, 0.29) is 11.4 Å². The molecular formula is C22H27ClN2O6S. The SMILES string of the molecule is CCOc1cc([C@@H](CS(C)(=O)=O)n2c(=O)n(CCOC)c3cc(Cl)ccc32)ccc1OC. The van der Waals surface area contributed by atoms with Crippen LogP contribution in [0.15, 0.2) is 41.2 Å². The van der Waals surface area contributed by atoms with Crippen LogP contribution in [0.1, 0.15) is 18.5 Å². The van der Waals surface area contributed by atoms with Gasteiger partial charge >= 0.3 is 5.69 Å². The predicted octanol–water partition coefficient (Wildman–Crippen LogP) is 3.14. The molecule has 1 aromatic heterocycles. The molecule has 0 unspecified atom stereocenters. The third-order valence-corrected chi connectivity index (χ3v) is 6.24. The molecule has 0 radical (unpaired) electrons. The molecule has 0 amide bonds. The van der Waals surface area contributed by atoms with Crippen molar-refractivity contribution >= 4 is 32.5 Å². The number of hydrogen-bond acceptors (Lipinski definition) is 6. The van der Waals surface area contributed by atoms with Gasteiger partial charge in [-0.3, -0.25) is 9.13 Å². The molecule has 8 nitrogen and oxygen atoms in total. The van der Waals surface area contributed by atoms with E-state index < -0.39 is 15.9 Å². The summed E-state index contributed by atoms with van der Waals surface area (Å²) in [4.78, 5) is 13.5. The molecule has 0 aliphatic rings. The topological polar surface area (TPSA) is 88.8 Å². The summed E-state index contributed by atoms with van der Waals surface area (Å²) >= 11 is 6.20. The van der Waals surface area contributed by atoms with Gasteiger partial charge in [0.15, 0.2) is 11.5 Å². The molecule has 2 aromatic carbocycles. The van der Waals surface area contributed by atoms with Crippen LogP contribution in [-0.4, -0.2) is 57.0 Å². The Morgan fingerprint density at radius 3 is 2.44 bits per heavy atom. The van der Waals surface area contributed by atoms with Gasteiger partial charge in [-0.2, -0.15) is 0 Å². The van der Waals surface area contributed by atoms with E-state index in [4.69, 9.17) is 25.8 Å². The van der Waals surface area contributed by atoms with E-state index in [0.29, 0.717) is 52.9 Å². The summed E-state index contributed by atoms with van der Waals surface area (Å²) in [6.45, 7) is 2.87. The van der Waals surface area contributed by atoms with E-state index in [1.165, 1.54) is 11.7 Å². The molecule has 0 spiro atoms. The summed E-state index contributed by atoms with van der Waals surface area (Å²) in [7, 11) is -0.371. The first-order valence-corrected chi connectivity index (χ1v) is 12.5. The number of ether oxygens (including phenoxy) is 3. The number of halogens is 1. The number of benzene rings is 2. The fourth-order valence-corrected chi connectivity index (χ4v) is 4.81. The monoisotopic (exact) mass is 482 g/mol. The lowest BCUT2D eigenvalue weighted by molar-refractivity contribution is 0.187. The second kappa shape index (κ2) is 9.97. The van der Waals surface area contributed by atoms with Gasteiger partial charge in [0.2, 0.25) is 0 Å². The van der Waals surface area contributed by atoms with Crippen LogP contribution in [0.4, 0.5) is 0 Å². The summed E-state index contributed by atoms with van der Waals surface area (Å²) in [6.07, 6.45) is 1.15. The van der Waals surface area contributed by atoms with Crippen molar-refractivity contribution in [2.45, 2.75) is 19.5 Å². The minimum absolute atomic E-state index is 0.267. The van der Waals surface area contributed by atoms with E-state index >= 15 is 0 Å². The van der Waals surface area contributed by atoms with Gasteiger partial charge in [-0.1, -0.05) is 17.7 Å². The maximum absolute atomic E-state index is 13.5. The first-order valence-electron chi connectivity index (χ1n) is 10.1. The fourth-order valence-electron chi connectivity index (χ4n) is 3.73. The van der Waals surface area contributed by atoms with Gasteiger partial charge in [0.25, 0.3) is 0 Å². The quantitative estimate of drug-likeness (QED) is 0.441. The molecule has 0 saturated heterocycles. The van der Waals surface area contributed by atoms with Crippen molar-refractivity contribution < 1.29 is 22.6 Å². The van der Waals surface area contributed by atoms with Crippen molar-refractivity contribution in [3.8, 4) is 11.5 Å². The minimum atomic E-state index is -3.45. The zero-order chi connectivity index (χ0) is 23.5. The Bertz CT molecular complexity index is 1270. The maximum Gasteiger partial charge on any atom is 0.329 e. The van der Waals surface area contributed by atoms with Crippen LogP contribution in [0.25, 0.3) is 11.0 Å². The van der Waals surface area contributed by atoms with Gasteiger partial charge in [0.05, 0.1) is 49.7 Å². The van der Waals surface area contributed by atoms with Crippen molar-refractivity contribution in [1.82, 2.24) is 9.13 Å². The lowest BCUT2D eigenvalue weighted by Gasteiger charge is -2.20. The van der Waals surface area contributed by atoms with Gasteiger partial charge in [-0.15, -0.1) is 0 Å². The van der Waals surface area contributed by atoms with Crippen LogP contribution in [0.3, 0.4) is 0 Å².